The summed E-state index contributed by atoms with van der Waals surface area (Å²) in [5.41, 5.74) is 1.19. The smallest absolute Gasteiger partial charge is 0.326 e. The quantitative estimate of drug-likeness (QED) is 0.929. The number of carboxylic acids is 1. The summed E-state index contributed by atoms with van der Waals surface area (Å²) in [6.45, 7) is 2.64. The third kappa shape index (κ3) is 2.80. The molecule has 4 unspecified atom stereocenters. The number of amides is 1. The van der Waals surface area contributed by atoms with Crippen LogP contribution in [0.15, 0.2) is 30.3 Å². The molecule has 112 valence electrons. The van der Waals surface area contributed by atoms with Gasteiger partial charge in [-0.3, -0.25) is 4.79 Å². The van der Waals surface area contributed by atoms with E-state index in [0.717, 1.165) is 12.8 Å². The molecule has 1 saturated heterocycles. The number of nitrogens with zero attached hydrogens (tertiary/aromatic N) is 1. The third-order valence-electron chi connectivity index (χ3n) is 4.77. The van der Waals surface area contributed by atoms with Crippen molar-refractivity contribution in [2.24, 2.45) is 11.8 Å². The highest BCUT2D eigenvalue weighted by Gasteiger charge is 2.48. The van der Waals surface area contributed by atoms with E-state index in [9.17, 15) is 14.7 Å². The fourth-order valence-electron chi connectivity index (χ4n) is 3.39. The number of carbonyl (C=O) groups excluding carboxylic acids is 1. The molecule has 2 fully saturated rings. The van der Waals surface area contributed by atoms with E-state index in [1.54, 1.807) is 4.90 Å². The van der Waals surface area contributed by atoms with Gasteiger partial charge in [0.05, 0.1) is 0 Å². The SMILES string of the molecule is CC1CCN(C(=O)C2CC2c2ccccc2)C(C(=O)O)C1. The Morgan fingerprint density at radius 1 is 1.19 bits per heavy atom. The van der Waals surface area contributed by atoms with Crippen molar-refractivity contribution in [3.05, 3.63) is 35.9 Å². The van der Waals surface area contributed by atoms with Crippen LogP contribution in [0.4, 0.5) is 0 Å². The maximum absolute atomic E-state index is 12.6. The molecule has 21 heavy (non-hydrogen) atoms. The number of benzene rings is 1. The number of piperidine rings is 1. The second-order valence-electron chi connectivity index (χ2n) is 6.37. The summed E-state index contributed by atoms with van der Waals surface area (Å²) in [5, 5.41) is 9.37. The van der Waals surface area contributed by atoms with Crippen LogP contribution in [-0.4, -0.2) is 34.5 Å². The molecule has 1 aromatic carbocycles. The second-order valence-corrected chi connectivity index (χ2v) is 6.37. The highest BCUT2D eigenvalue weighted by atomic mass is 16.4. The van der Waals surface area contributed by atoms with Crippen molar-refractivity contribution in [3.63, 3.8) is 0 Å². The lowest BCUT2D eigenvalue weighted by atomic mass is 9.92. The summed E-state index contributed by atoms with van der Waals surface area (Å²) in [6, 6.07) is 9.39. The molecule has 4 heteroatoms. The minimum Gasteiger partial charge on any atom is -0.480 e. The Morgan fingerprint density at radius 3 is 2.57 bits per heavy atom. The predicted molar refractivity (Wildman–Crippen MR) is 78.8 cm³/mol. The van der Waals surface area contributed by atoms with E-state index in [4.69, 9.17) is 0 Å². The van der Waals surface area contributed by atoms with E-state index < -0.39 is 12.0 Å². The van der Waals surface area contributed by atoms with Crippen LogP contribution in [0.25, 0.3) is 0 Å². The van der Waals surface area contributed by atoms with E-state index in [-0.39, 0.29) is 17.7 Å². The molecule has 1 heterocycles. The van der Waals surface area contributed by atoms with Crippen LogP contribution in [0.2, 0.25) is 0 Å². The molecule has 0 bridgehead atoms. The number of carboxylic acid groups (broad SMARTS) is 1. The van der Waals surface area contributed by atoms with Gasteiger partial charge in [-0.15, -0.1) is 0 Å². The molecular weight excluding hydrogens is 266 g/mol. The fraction of sp³-hybridized carbons (Fsp3) is 0.529. The highest BCUT2D eigenvalue weighted by molar-refractivity contribution is 5.88. The van der Waals surface area contributed by atoms with Crippen LogP contribution < -0.4 is 0 Å². The molecule has 4 nitrogen and oxygen atoms in total. The summed E-state index contributed by atoms with van der Waals surface area (Å²) >= 11 is 0. The van der Waals surface area contributed by atoms with Gasteiger partial charge in [-0.2, -0.15) is 0 Å². The van der Waals surface area contributed by atoms with Gasteiger partial charge in [0.25, 0.3) is 0 Å². The maximum Gasteiger partial charge on any atom is 0.326 e. The molecule has 3 rings (SSSR count). The van der Waals surface area contributed by atoms with Gasteiger partial charge >= 0.3 is 5.97 Å². The average Bonchev–Trinajstić information content (AvgIpc) is 3.28. The fourth-order valence-corrected chi connectivity index (χ4v) is 3.39. The van der Waals surface area contributed by atoms with E-state index in [2.05, 4.69) is 6.92 Å². The van der Waals surface area contributed by atoms with E-state index in [0.29, 0.717) is 18.9 Å². The predicted octanol–water partition coefficient (Wildman–Crippen LogP) is 2.50. The molecule has 0 radical (unpaired) electrons. The Bertz CT molecular complexity index is 542. The van der Waals surface area contributed by atoms with Crippen LogP contribution in [0.1, 0.15) is 37.7 Å². The van der Waals surface area contributed by atoms with Crippen LogP contribution >= 0.6 is 0 Å². The minimum atomic E-state index is -0.869. The van der Waals surface area contributed by atoms with Crippen molar-refractivity contribution in [3.8, 4) is 0 Å². The Labute approximate surface area is 124 Å². The number of aliphatic carboxylic acids is 1. The number of hydrogen-bond acceptors (Lipinski definition) is 2. The zero-order valence-corrected chi connectivity index (χ0v) is 12.2. The lowest BCUT2D eigenvalue weighted by Crippen LogP contribution is -2.50. The van der Waals surface area contributed by atoms with Crippen LogP contribution in [0.3, 0.4) is 0 Å². The van der Waals surface area contributed by atoms with E-state index in [1.807, 2.05) is 30.3 Å². The van der Waals surface area contributed by atoms with Crippen molar-refractivity contribution >= 4 is 11.9 Å². The first-order valence-corrected chi connectivity index (χ1v) is 7.66. The summed E-state index contributed by atoms with van der Waals surface area (Å²) in [6.07, 6.45) is 2.32. The molecule has 1 aromatic rings. The topological polar surface area (TPSA) is 57.6 Å². The number of rotatable bonds is 3. The molecule has 1 N–H and O–H groups in total. The number of hydrogen-bond donors (Lipinski definition) is 1. The largest absolute Gasteiger partial charge is 0.480 e. The van der Waals surface area contributed by atoms with Gasteiger partial charge in [-0.25, -0.2) is 4.79 Å². The summed E-state index contributed by atoms with van der Waals surface area (Å²) in [7, 11) is 0. The van der Waals surface area contributed by atoms with E-state index in [1.165, 1.54) is 5.56 Å². The molecule has 4 atom stereocenters. The van der Waals surface area contributed by atoms with Gasteiger partial charge in [-0.1, -0.05) is 37.3 Å². The standard InChI is InChI=1S/C17H21NO3/c1-11-7-8-18(15(9-11)17(20)21)16(19)14-10-13(14)12-5-3-2-4-6-12/h2-6,11,13-15H,7-10H2,1H3,(H,20,21). The van der Waals surface area contributed by atoms with E-state index >= 15 is 0 Å². The van der Waals surface area contributed by atoms with Crippen LogP contribution in [0, 0.1) is 11.8 Å². The second kappa shape index (κ2) is 5.51. The normalized spacial score (nSPS) is 31.8. The van der Waals surface area contributed by atoms with Crippen LogP contribution in [-0.2, 0) is 9.59 Å². The average molecular weight is 287 g/mol. The van der Waals surface area contributed by atoms with Gasteiger partial charge in [0.1, 0.15) is 6.04 Å². The zero-order valence-electron chi connectivity index (χ0n) is 12.2. The molecule has 0 aromatic heterocycles. The third-order valence-corrected chi connectivity index (χ3v) is 4.77. The monoisotopic (exact) mass is 287 g/mol. The number of carbonyl (C=O) groups is 2. The van der Waals surface area contributed by atoms with Gasteiger partial charge in [-0.05, 0) is 36.7 Å². The zero-order chi connectivity index (χ0) is 15.0. The van der Waals surface area contributed by atoms with Gasteiger partial charge in [0.15, 0.2) is 0 Å². The Balaban J connectivity index is 1.70. The van der Waals surface area contributed by atoms with Crippen molar-refractivity contribution in [2.75, 3.05) is 6.54 Å². The number of likely N-dealkylation sites (tertiary alicyclic amines) is 1. The lowest BCUT2D eigenvalue weighted by Gasteiger charge is -2.36. The Hall–Kier alpha value is -1.84. The van der Waals surface area contributed by atoms with Crippen molar-refractivity contribution in [1.29, 1.82) is 0 Å². The maximum atomic E-state index is 12.6. The molecule has 2 aliphatic rings. The summed E-state index contributed by atoms with van der Waals surface area (Å²) in [5.74, 6) is -0.218. The Morgan fingerprint density at radius 2 is 1.90 bits per heavy atom. The minimum absolute atomic E-state index is 0.0253. The van der Waals surface area contributed by atoms with Crippen LogP contribution in [0.5, 0.6) is 0 Å². The van der Waals surface area contributed by atoms with Gasteiger partial charge in [0, 0.05) is 12.5 Å². The molecule has 1 aliphatic carbocycles. The summed E-state index contributed by atoms with van der Waals surface area (Å²) < 4.78 is 0. The molecule has 1 aliphatic heterocycles. The van der Waals surface area contributed by atoms with Crippen molar-refractivity contribution < 1.29 is 14.7 Å². The van der Waals surface area contributed by atoms with Gasteiger partial charge in [0.2, 0.25) is 5.91 Å². The molecule has 1 amide bonds. The summed E-state index contributed by atoms with van der Waals surface area (Å²) in [4.78, 5) is 25.7. The first-order chi connectivity index (χ1) is 10.1. The molecular formula is C17H21NO3. The lowest BCUT2D eigenvalue weighted by molar-refractivity contribution is -0.153. The molecule has 1 saturated carbocycles. The molecule has 0 spiro atoms. The highest BCUT2D eigenvalue weighted by Crippen LogP contribution is 2.49. The van der Waals surface area contributed by atoms with Crippen molar-refractivity contribution in [2.45, 2.75) is 38.1 Å². The van der Waals surface area contributed by atoms with Gasteiger partial charge < -0.3 is 10.0 Å². The first-order valence-electron chi connectivity index (χ1n) is 7.66. The Kier molecular flexibility index (Phi) is 3.70. The first kappa shape index (κ1) is 14.1. The van der Waals surface area contributed by atoms with Crippen molar-refractivity contribution in [1.82, 2.24) is 4.90 Å².